The molecule has 0 saturated heterocycles. The lowest BCUT2D eigenvalue weighted by molar-refractivity contribution is -0.117. The maximum absolute atomic E-state index is 12.8. The maximum atomic E-state index is 12.8. The average Bonchev–Trinajstić information content (AvgIpc) is 3.27. The van der Waals surface area contributed by atoms with Gasteiger partial charge in [-0.1, -0.05) is 62.2 Å². The minimum Gasteiger partial charge on any atom is -0.496 e. The van der Waals surface area contributed by atoms with Gasteiger partial charge in [-0.25, -0.2) is 0 Å². The Morgan fingerprint density at radius 1 is 1.03 bits per heavy atom. The number of benzene rings is 3. The average molecular weight is 454 g/mol. The van der Waals surface area contributed by atoms with Crippen molar-refractivity contribution in [1.29, 1.82) is 0 Å². The molecule has 3 aromatic carbocycles. The molecule has 1 fully saturated rings. The van der Waals surface area contributed by atoms with Crippen molar-refractivity contribution in [2.75, 3.05) is 7.11 Å². The zero-order chi connectivity index (χ0) is 23.7. The fraction of sp³-hybridized carbons (Fsp3) is 0.300. The Kier molecular flexibility index (Phi) is 6.14. The Balaban J connectivity index is 1.53. The third-order valence-corrected chi connectivity index (χ3v) is 7.19. The van der Waals surface area contributed by atoms with Crippen molar-refractivity contribution in [1.82, 2.24) is 5.32 Å². The summed E-state index contributed by atoms with van der Waals surface area (Å²) < 4.78 is 11.6. The van der Waals surface area contributed by atoms with Crippen molar-refractivity contribution in [3.63, 3.8) is 0 Å². The van der Waals surface area contributed by atoms with E-state index >= 15 is 0 Å². The van der Waals surface area contributed by atoms with Gasteiger partial charge in [-0.15, -0.1) is 0 Å². The third-order valence-electron chi connectivity index (χ3n) is 7.19. The highest BCUT2D eigenvalue weighted by Crippen LogP contribution is 2.39. The van der Waals surface area contributed by atoms with Gasteiger partial charge in [0.1, 0.15) is 11.3 Å². The van der Waals surface area contributed by atoms with Crippen molar-refractivity contribution < 1.29 is 13.9 Å². The molecule has 4 nitrogen and oxygen atoms in total. The van der Waals surface area contributed by atoms with Crippen LogP contribution < -0.4 is 10.1 Å². The Labute approximate surface area is 200 Å². The van der Waals surface area contributed by atoms with Crippen LogP contribution in [0.1, 0.15) is 45.1 Å². The van der Waals surface area contributed by atoms with E-state index in [1.54, 1.807) is 13.2 Å². The van der Waals surface area contributed by atoms with Gasteiger partial charge in [0, 0.05) is 34.7 Å². The third kappa shape index (κ3) is 4.21. The van der Waals surface area contributed by atoms with E-state index < -0.39 is 0 Å². The van der Waals surface area contributed by atoms with E-state index in [2.05, 4.69) is 60.8 Å². The number of furan rings is 1. The Morgan fingerprint density at radius 3 is 2.65 bits per heavy atom. The number of carbonyl (C=O) groups excluding carboxylic acids is 1. The fourth-order valence-corrected chi connectivity index (χ4v) is 5.23. The highest BCUT2D eigenvalue weighted by Gasteiger charge is 2.22. The van der Waals surface area contributed by atoms with E-state index in [9.17, 15) is 4.79 Å². The van der Waals surface area contributed by atoms with Crippen molar-refractivity contribution in [3.8, 4) is 16.9 Å². The van der Waals surface area contributed by atoms with Gasteiger partial charge in [0.2, 0.25) is 5.91 Å². The number of ether oxygens (including phenoxy) is 1. The van der Waals surface area contributed by atoms with E-state index in [1.165, 1.54) is 30.0 Å². The molecule has 0 radical (unpaired) electrons. The number of nitrogens with one attached hydrogen (secondary N) is 1. The lowest BCUT2D eigenvalue weighted by Crippen LogP contribution is -2.40. The van der Waals surface area contributed by atoms with Crippen molar-refractivity contribution in [2.45, 2.75) is 45.6 Å². The topological polar surface area (TPSA) is 51.5 Å². The Bertz CT molecular complexity index is 1380. The summed E-state index contributed by atoms with van der Waals surface area (Å²) in [5.41, 5.74) is 4.67. The van der Waals surface area contributed by atoms with Crippen LogP contribution in [0.15, 0.2) is 71.4 Å². The molecule has 1 aromatic heterocycles. The molecule has 2 unspecified atom stereocenters. The van der Waals surface area contributed by atoms with Crippen LogP contribution in [0, 0.1) is 5.92 Å². The molecule has 0 spiro atoms. The van der Waals surface area contributed by atoms with Gasteiger partial charge in [0.25, 0.3) is 0 Å². The predicted octanol–water partition coefficient (Wildman–Crippen LogP) is 7.36. The molecule has 1 aliphatic rings. The Hall–Kier alpha value is -3.53. The number of carbonyl (C=O) groups is 1. The van der Waals surface area contributed by atoms with Crippen LogP contribution >= 0.6 is 0 Å². The molecule has 1 amide bonds. The largest absolute Gasteiger partial charge is 0.496 e. The molecule has 174 valence electrons. The highest BCUT2D eigenvalue weighted by atomic mass is 16.5. The summed E-state index contributed by atoms with van der Waals surface area (Å²) in [5, 5.41) is 6.59. The molecule has 34 heavy (non-hydrogen) atoms. The molecule has 1 N–H and O–H groups in total. The van der Waals surface area contributed by atoms with Crippen LogP contribution in [-0.4, -0.2) is 19.1 Å². The van der Waals surface area contributed by atoms with Crippen molar-refractivity contribution in [2.24, 2.45) is 5.92 Å². The second-order valence-corrected chi connectivity index (χ2v) is 9.43. The summed E-state index contributed by atoms with van der Waals surface area (Å²) in [6.45, 7) is 4.19. The van der Waals surface area contributed by atoms with Crippen LogP contribution in [0.25, 0.3) is 38.4 Å². The maximum Gasteiger partial charge on any atom is 0.244 e. The van der Waals surface area contributed by atoms with E-state index in [1.807, 2.05) is 19.3 Å². The van der Waals surface area contributed by atoms with Gasteiger partial charge < -0.3 is 14.5 Å². The first kappa shape index (κ1) is 22.3. The molecule has 1 saturated carbocycles. The molecule has 1 aliphatic carbocycles. The lowest BCUT2D eigenvalue weighted by atomic mass is 9.86. The van der Waals surface area contributed by atoms with E-state index in [0.717, 1.165) is 39.7 Å². The number of amides is 1. The highest BCUT2D eigenvalue weighted by molar-refractivity contribution is 6.06. The van der Waals surface area contributed by atoms with E-state index in [4.69, 9.17) is 9.15 Å². The summed E-state index contributed by atoms with van der Waals surface area (Å²) >= 11 is 0. The molecular formula is C30H31NO3. The number of methoxy groups -OCH3 is 1. The standard InChI is InChI=1S/C30H31NO3/c1-19-9-4-7-14-27(19)31-30(32)15-20(2)24-16-25-26(18-34-29(25)17-28(24)33-3)23-13-8-11-21-10-5-6-12-22(21)23/h5-6,8,10-13,15-19,27H,4,7,9,14H2,1-3H3,(H,31,32)/b20-15+. The van der Waals surface area contributed by atoms with E-state index in [0.29, 0.717) is 11.7 Å². The minimum atomic E-state index is -0.0418. The number of hydrogen-bond acceptors (Lipinski definition) is 3. The second kappa shape index (κ2) is 9.38. The number of allylic oxidation sites excluding steroid dienone is 1. The van der Waals surface area contributed by atoms with Crippen LogP contribution in [0.3, 0.4) is 0 Å². The number of fused-ring (bicyclic) bond motifs is 2. The molecule has 4 heteroatoms. The summed E-state index contributed by atoms with van der Waals surface area (Å²) in [6, 6.07) is 18.9. The number of hydrogen-bond donors (Lipinski definition) is 1. The van der Waals surface area contributed by atoms with Gasteiger partial charge in [-0.2, -0.15) is 0 Å². The summed E-state index contributed by atoms with van der Waals surface area (Å²) in [7, 11) is 1.65. The molecule has 2 atom stereocenters. The molecule has 0 aliphatic heterocycles. The zero-order valence-electron chi connectivity index (χ0n) is 20.1. The van der Waals surface area contributed by atoms with Crippen LogP contribution in [0.2, 0.25) is 0 Å². The van der Waals surface area contributed by atoms with Gasteiger partial charge in [0.15, 0.2) is 0 Å². The summed E-state index contributed by atoms with van der Waals surface area (Å²) in [5.74, 6) is 1.17. The quantitative estimate of drug-likeness (QED) is 0.321. The first-order valence-electron chi connectivity index (χ1n) is 12.1. The van der Waals surface area contributed by atoms with Crippen LogP contribution in [0.4, 0.5) is 0 Å². The fourth-order valence-electron chi connectivity index (χ4n) is 5.23. The van der Waals surface area contributed by atoms with Gasteiger partial charge in [-0.05, 0) is 53.7 Å². The van der Waals surface area contributed by atoms with Gasteiger partial charge in [-0.3, -0.25) is 4.79 Å². The second-order valence-electron chi connectivity index (χ2n) is 9.43. The lowest BCUT2D eigenvalue weighted by Gasteiger charge is -2.29. The molecule has 4 aromatic rings. The van der Waals surface area contributed by atoms with Gasteiger partial charge in [0.05, 0.1) is 13.4 Å². The Morgan fingerprint density at radius 2 is 1.82 bits per heavy atom. The van der Waals surface area contributed by atoms with Crippen molar-refractivity contribution in [3.05, 3.63) is 72.5 Å². The monoisotopic (exact) mass is 453 g/mol. The SMILES string of the molecule is COc1cc2occ(-c3cccc4ccccc34)c2cc1/C(C)=C/C(=O)NC1CCCCC1C. The summed E-state index contributed by atoms with van der Waals surface area (Å²) in [4.78, 5) is 12.8. The first-order chi connectivity index (χ1) is 16.5. The normalized spacial score (nSPS) is 18.9. The molecule has 0 bridgehead atoms. The summed E-state index contributed by atoms with van der Waals surface area (Å²) in [6.07, 6.45) is 8.17. The molecule has 1 heterocycles. The molecular weight excluding hydrogens is 422 g/mol. The van der Waals surface area contributed by atoms with Crippen LogP contribution in [0.5, 0.6) is 5.75 Å². The molecule has 5 rings (SSSR count). The minimum absolute atomic E-state index is 0.0418. The smallest absolute Gasteiger partial charge is 0.244 e. The predicted molar refractivity (Wildman–Crippen MR) is 139 cm³/mol. The van der Waals surface area contributed by atoms with Crippen molar-refractivity contribution >= 4 is 33.2 Å². The number of rotatable bonds is 5. The zero-order valence-corrected chi connectivity index (χ0v) is 20.1. The first-order valence-corrected chi connectivity index (χ1v) is 12.1. The van der Waals surface area contributed by atoms with Gasteiger partial charge >= 0.3 is 0 Å². The van der Waals surface area contributed by atoms with E-state index in [-0.39, 0.29) is 11.9 Å². The van der Waals surface area contributed by atoms with Crippen LogP contribution in [-0.2, 0) is 4.79 Å².